The molecule has 1 aliphatic carbocycles. The molecule has 2 unspecified atom stereocenters. The van der Waals surface area contributed by atoms with Gasteiger partial charge in [0.05, 0.1) is 7.11 Å². The molecule has 188 valence electrons. The molecule has 0 radical (unpaired) electrons. The van der Waals surface area contributed by atoms with E-state index in [2.05, 4.69) is 28.0 Å². The van der Waals surface area contributed by atoms with Crippen LogP contribution in [0.4, 0.5) is 4.79 Å². The fourth-order valence-electron chi connectivity index (χ4n) is 3.67. The maximum Gasteiger partial charge on any atom is 0.408 e. The molecule has 1 fully saturated rings. The summed E-state index contributed by atoms with van der Waals surface area (Å²) in [6.45, 7) is 8.59. The van der Waals surface area contributed by atoms with Gasteiger partial charge >= 0.3 is 12.1 Å². The van der Waals surface area contributed by atoms with E-state index in [0.717, 1.165) is 24.0 Å². The summed E-state index contributed by atoms with van der Waals surface area (Å²) in [6, 6.07) is 3.44. The molecule has 0 bridgehead atoms. The summed E-state index contributed by atoms with van der Waals surface area (Å²) in [5, 5.41) is 5.18. The average molecular weight is 494 g/mol. The van der Waals surface area contributed by atoms with Crippen LogP contribution in [0.1, 0.15) is 56.3 Å². The zero-order valence-electron chi connectivity index (χ0n) is 20.6. The quantitative estimate of drug-likeness (QED) is 0.360. The Kier molecular flexibility index (Phi) is 9.37. The highest BCUT2D eigenvalue weighted by molar-refractivity contribution is 7.80. The highest BCUT2D eigenvalue weighted by atomic mass is 32.1. The molecule has 1 saturated carbocycles. The maximum absolute atomic E-state index is 13.7. The second-order valence-electron chi connectivity index (χ2n) is 9.36. The van der Waals surface area contributed by atoms with Gasteiger partial charge in [-0.25, -0.2) is 4.79 Å². The first-order valence-electron chi connectivity index (χ1n) is 11.2. The van der Waals surface area contributed by atoms with Crippen LogP contribution in [-0.4, -0.2) is 65.9 Å². The highest BCUT2D eigenvalue weighted by Crippen LogP contribution is 2.37. The zero-order valence-corrected chi connectivity index (χ0v) is 21.5. The minimum Gasteiger partial charge on any atom is -0.468 e. The third-order valence-corrected chi connectivity index (χ3v) is 5.71. The zero-order chi connectivity index (χ0) is 25.6. The van der Waals surface area contributed by atoms with Crippen LogP contribution in [0.3, 0.4) is 0 Å². The second kappa shape index (κ2) is 11.6. The molecular weight excluding hydrogens is 458 g/mol. The van der Waals surface area contributed by atoms with Gasteiger partial charge in [0.25, 0.3) is 0 Å². The lowest BCUT2D eigenvalue weighted by molar-refractivity contribution is -0.145. The summed E-state index contributed by atoms with van der Waals surface area (Å²) in [5.74, 6) is -1.52. The summed E-state index contributed by atoms with van der Waals surface area (Å²) in [7, 11) is 1.23. The number of methoxy groups -OCH3 is 1. The van der Waals surface area contributed by atoms with Crippen molar-refractivity contribution in [2.45, 2.75) is 71.2 Å². The Labute approximate surface area is 206 Å². The molecule has 1 aromatic carbocycles. The van der Waals surface area contributed by atoms with Crippen LogP contribution in [0.15, 0.2) is 18.2 Å². The topological polar surface area (TPSA) is 114 Å². The number of thiol groups is 1. The van der Waals surface area contributed by atoms with E-state index in [1.165, 1.54) is 12.0 Å². The van der Waals surface area contributed by atoms with Crippen LogP contribution in [0.5, 0.6) is 0 Å². The molecule has 3 amide bonds. The van der Waals surface area contributed by atoms with Crippen molar-refractivity contribution in [3.05, 3.63) is 34.9 Å². The highest BCUT2D eigenvalue weighted by Gasteiger charge is 2.44. The van der Waals surface area contributed by atoms with E-state index < -0.39 is 41.6 Å². The Morgan fingerprint density at radius 2 is 1.74 bits per heavy atom. The van der Waals surface area contributed by atoms with Crippen LogP contribution in [0, 0.1) is 13.8 Å². The van der Waals surface area contributed by atoms with Crippen molar-refractivity contribution >= 4 is 36.5 Å². The average Bonchev–Trinajstić information content (AvgIpc) is 3.58. The Balaban J connectivity index is 2.43. The first-order valence-corrected chi connectivity index (χ1v) is 11.9. The van der Waals surface area contributed by atoms with E-state index in [1.807, 2.05) is 32.0 Å². The summed E-state index contributed by atoms with van der Waals surface area (Å²) < 4.78 is 9.93. The van der Waals surface area contributed by atoms with Crippen molar-refractivity contribution in [2.75, 3.05) is 19.4 Å². The summed E-state index contributed by atoms with van der Waals surface area (Å²) in [4.78, 5) is 52.7. The van der Waals surface area contributed by atoms with Crippen molar-refractivity contribution in [1.29, 1.82) is 0 Å². The summed E-state index contributed by atoms with van der Waals surface area (Å²) >= 11 is 4.27. The van der Waals surface area contributed by atoms with Crippen LogP contribution in [0.2, 0.25) is 0 Å². The number of alkyl carbamates (subject to hydrolysis) is 1. The van der Waals surface area contributed by atoms with E-state index in [1.54, 1.807) is 20.8 Å². The van der Waals surface area contributed by atoms with Crippen LogP contribution < -0.4 is 10.6 Å². The van der Waals surface area contributed by atoms with Crippen LogP contribution >= 0.6 is 12.6 Å². The lowest BCUT2D eigenvalue weighted by Crippen LogP contribution is -2.55. The number of esters is 1. The molecular formula is C24H35N3O6S. The SMILES string of the molecule is COC(=O)CNC(=O)C(c1c(C)cccc1C)N(C(=O)C(CS)NC(=O)OC(C)(C)C)C1CC1. The lowest BCUT2D eigenvalue weighted by atomic mass is 9.93. The van der Waals surface area contributed by atoms with Gasteiger partial charge in [-0.15, -0.1) is 0 Å². The fraction of sp³-hybridized carbons (Fsp3) is 0.583. The molecule has 0 spiro atoms. The van der Waals surface area contributed by atoms with Crippen molar-refractivity contribution < 1.29 is 28.7 Å². The number of rotatable bonds is 9. The predicted octanol–water partition coefficient (Wildman–Crippen LogP) is 2.45. The normalized spacial score (nSPS) is 15.0. The molecule has 2 atom stereocenters. The molecule has 2 rings (SSSR count). The van der Waals surface area contributed by atoms with E-state index in [4.69, 9.17) is 4.74 Å². The van der Waals surface area contributed by atoms with Crippen molar-refractivity contribution in [2.24, 2.45) is 0 Å². The van der Waals surface area contributed by atoms with Crippen molar-refractivity contribution in [3.63, 3.8) is 0 Å². The number of hydrogen-bond acceptors (Lipinski definition) is 7. The van der Waals surface area contributed by atoms with Gasteiger partial charge < -0.3 is 25.0 Å². The molecule has 0 saturated heterocycles. The maximum atomic E-state index is 13.7. The third kappa shape index (κ3) is 7.38. The first kappa shape index (κ1) is 27.5. The van der Waals surface area contributed by atoms with Crippen molar-refractivity contribution in [3.8, 4) is 0 Å². The van der Waals surface area contributed by atoms with Gasteiger partial charge in [-0.2, -0.15) is 12.6 Å². The Bertz CT molecular complexity index is 906. The number of benzene rings is 1. The molecule has 9 nitrogen and oxygen atoms in total. The number of hydrogen-bond donors (Lipinski definition) is 3. The van der Waals surface area contributed by atoms with Gasteiger partial charge in [0.2, 0.25) is 11.8 Å². The Hall–Kier alpha value is -2.75. The number of carbonyl (C=O) groups excluding carboxylic acids is 4. The van der Waals surface area contributed by atoms with Crippen LogP contribution in [0.25, 0.3) is 0 Å². The predicted molar refractivity (Wildman–Crippen MR) is 131 cm³/mol. The largest absolute Gasteiger partial charge is 0.468 e. The number of nitrogens with one attached hydrogen (secondary N) is 2. The summed E-state index contributed by atoms with van der Waals surface area (Å²) in [5.41, 5.74) is 1.61. The summed E-state index contributed by atoms with van der Waals surface area (Å²) in [6.07, 6.45) is 0.709. The van der Waals surface area contributed by atoms with Gasteiger partial charge in [0.1, 0.15) is 24.2 Å². The van der Waals surface area contributed by atoms with E-state index in [9.17, 15) is 19.2 Å². The number of aryl methyl sites for hydroxylation is 2. The monoisotopic (exact) mass is 493 g/mol. The molecule has 10 heteroatoms. The van der Waals surface area contributed by atoms with Gasteiger partial charge in [0, 0.05) is 11.8 Å². The van der Waals surface area contributed by atoms with Gasteiger partial charge in [-0.05, 0) is 64.2 Å². The number of amides is 3. The molecule has 1 aromatic rings. The smallest absolute Gasteiger partial charge is 0.408 e. The fourth-order valence-corrected chi connectivity index (χ4v) is 3.92. The van der Waals surface area contributed by atoms with Gasteiger partial charge in [-0.1, -0.05) is 18.2 Å². The Morgan fingerprint density at radius 3 is 2.21 bits per heavy atom. The minimum atomic E-state index is -1.00. The molecule has 0 aromatic heterocycles. The standard InChI is InChI=1S/C24H35N3O6S/c1-14-8-7-9-15(2)19(14)20(21(29)25-12-18(28)32-6)27(16-10-11-16)22(30)17(13-34)26-23(31)33-24(3,4)5/h7-9,16-17,20,34H,10-13H2,1-6H3,(H,25,29)(H,26,31). The third-order valence-electron chi connectivity index (χ3n) is 5.34. The molecule has 34 heavy (non-hydrogen) atoms. The Morgan fingerprint density at radius 1 is 1.15 bits per heavy atom. The van der Waals surface area contributed by atoms with E-state index in [0.29, 0.717) is 5.56 Å². The number of ether oxygens (including phenoxy) is 2. The second-order valence-corrected chi connectivity index (χ2v) is 9.73. The van der Waals surface area contributed by atoms with Gasteiger partial charge in [0.15, 0.2) is 0 Å². The minimum absolute atomic E-state index is 0.0184. The number of nitrogens with zero attached hydrogens (tertiary/aromatic N) is 1. The molecule has 0 heterocycles. The molecule has 2 N–H and O–H groups in total. The first-order chi connectivity index (χ1) is 15.9. The molecule has 1 aliphatic rings. The van der Waals surface area contributed by atoms with E-state index >= 15 is 0 Å². The lowest BCUT2D eigenvalue weighted by Gasteiger charge is -2.35. The number of carbonyl (C=O) groups is 4. The molecule has 0 aliphatic heterocycles. The van der Waals surface area contributed by atoms with Gasteiger partial charge in [-0.3, -0.25) is 14.4 Å². The van der Waals surface area contributed by atoms with Crippen LogP contribution in [-0.2, 0) is 23.9 Å². The van der Waals surface area contributed by atoms with E-state index in [-0.39, 0.29) is 18.3 Å². The van der Waals surface area contributed by atoms with Crippen molar-refractivity contribution in [1.82, 2.24) is 15.5 Å².